The molecule has 2 nitrogen and oxygen atoms in total. The lowest BCUT2D eigenvalue weighted by atomic mass is 9.87. The van der Waals surface area contributed by atoms with Crippen molar-refractivity contribution in [2.45, 2.75) is 12.8 Å². The van der Waals surface area contributed by atoms with Gasteiger partial charge in [-0.05, 0) is 65.0 Å². The lowest BCUT2D eigenvalue weighted by molar-refractivity contribution is 0.475. The molecule has 0 aromatic heterocycles. The molecule has 1 aliphatic rings. The van der Waals surface area contributed by atoms with E-state index < -0.39 is 0 Å². The summed E-state index contributed by atoms with van der Waals surface area (Å²) in [6.07, 6.45) is 7.98. The van der Waals surface area contributed by atoms with E-state index in [2.05, 4.69) is 18.2 Å². The third kappa shape index (κ3) is 3.55. The molecule has 0 unspecified atom stereocenters. The van der Waals surface area contributed by atoms with E-state index in [0.29, 0.717) is 5.88 Å². The van der Waals surface area contributed by atoms with E-state index in [9.17, 15) is 10.2 Å². The molecule has 2 N–H and O–H groups in total. The molecule has 0 aliphatic heterocycles. The molecule has 0 heterocycles. The molecule has 122 valence electrons. The van der Waals surface area contributed by atoms with E-state index in [1.807, 2.05) is 24.3 Å². The predicted octanol–water partition coefficient (Wildman–Crippen LogP) is 5.41. The maximum atomic E-state index is 9.61. The van der Waals surface area contributed by atoms with Crippen LogP contribution in [-0.4, -0.2) is 16.1 Å². The second-order valence-corrected chi connectivity index (χ2v) is 6.09. The summed E-state index contributed by atoms with van der Waals surface area (Å²) >= 11 is 6.08. The Morgan fingerprint density at radius 2 is 1.42 bits per heavy atom. The molecule has 24 heavy (non-hydrogen) atoms. The zero-order valence-electron chi connectivity index (χ0n) is 13.2. The summed E-state index contributed by atoms with van der Waals surface area (Å²) in [5.41, 5.74) is 5.58. The Kier molecular flexibility index (Phi) is 5.07. The molecule has 0 spiro atoms. The van der Waals surface area contributed by atoms with Gasteiger partial charge in [0.1, 0.15) is 11.5 Å². The Balaban J connectivity index is 2.20. The standard InChI is InChI=1S/C21H19ClO2/c22-14-13-20(15-3-1-2-4-15)21(16-5-9-18(23)10-6-16)17-7-11-19(24)12-8-17/h1-3,5-12,23-24H,4,13-14H2. The molecule has 0 atom stereocenters. The number of aromatic hydroxyl groups is 2. The smallest absolute Gasteiger partial charge is 0.115 e. The normalized spacial score (nSPS) is 13.0. The number of phenolic OH excluding ortho intramolecular Hbond substituents is 2. The van der Waals surface area contributed by atoms with Crippen molar-refractivity contribution in [1.29, 1.82) is 0 Å². The van der Waals surface area contributed by atoms with Crippen LogP contribution >= 0.6 is 11.6 Å². The molecule has 2 aromatic carbocycles. The molecule has 3 heteroatoms. The lowest BCUT2D eigenvalue weighted by Gasteiger charge is -2.17. The number of allylic oxidation sites excluding steroid dienone is 5. The average molecular weight is 339 g/mol. The maximum Gasteiger partial charge on any atom is 0.115 e. The predicted molar refractivity (Wildman–Crippen MR) is 99.4 cm³/mol. The van der Waals surface area contributed by atoms with Crippen molar-refractivity contribution in [3.63, 3.8) is 0 Å². The van der Waals surface area contributed by atoms with Crippen LogP contribution in [0.25, 0.3) is 5.57 Å². The summed E-state index contributed by atoms with van der Waals surface area (Å²) in [6, 6.07) is 14.4. The zero-order valence-corrected chi connectivity index (χ0v) is 14.0. The van der Waals surface area contributed by atoms with Crippen molar-refractivity contribution < 1.29 is 10.2 Å². The van der Waals surface area contributed by atoms with Crippen LogP contribution in [0.15, 0.2) is 77.9 Å². The molecule has 0 radical (unpaired) electrons. The fourth-order valence-electron chi connectivity index (χ4n) is 2.98. The van der Waals surface area contributed by atoms with E-state index >= 15 is 0 Å². The van der Waals surface area contributed by atoms with Crippen LogP contribution in [0.2, 0.25) is 0 Å². The number of hydrogen-bond donors (Lipinski definition) is 2. The van der Waals surface area contributed by atoms with Gasteiger partial charge in [0.05, 0.1) is 0 Å². The lowest BCUT2D eigenvalue weighted by Crippen LogP contribution is -1.99. The minimum Gasteiger partial charge on any atom is -0.508 e. The molecule has 3 rings (SSSR count). The largest absolute Gasteiger partial charge is 0.508 e. The molecule has 0 saturated carbocycles. The first-order valence-corrected chi connectivity index (χ1v) is 8.46. The van der Waals surface area contributed by atoms with Gasteiger partial charge < -0.3 is 10.2 Å². The van der Waals surface area contributed by atoms with Crippen LogP contribution in [0.1, 0.15) is 24.0 Å². The second kappa shape index (κ2) is 7.41. The van der Waals surface area contributed by atoms with Crippen molar-refractivity contribution in [3.05, 3.63) is 89.0 Å². The minimum atomic E-state index is 0.240. The van der Waals surface area contributed by atoms with Gasteiger partial charge in [-0.2, -0.15) is 0 Å². The zero-order chi connectivity index (χ0) is 16.9. The van der Waals surface area contributed by atoms with Crippen LogP contribution < -0.4 is 0 Å². The number of hydrogen-bond acceptors (Lipinski definition) is 2. The number of benzene rings is 2. The molecule has 1 aliphatic carbocycles. The van der Waals surface area contributed by atoms with Crippen molar-refractivity contribution in [2.24, 2.45) is 0 Å². The third-order valence-electron chi connectivity index (χ3n) is 4.12. The summed E-state index contributed by atoms with van der Waals surface area (Å²) in [7, 11) is 0. The SMILES string of the molecule is Oc1ccc(C(=C(CCCl)C2=CC=CC2)c2ccc(O)cc2)cc1. The first-order valence-electron chi connectivity index (χ1n) is 7.93. The molecule has 0 fully saturated rings. The highest BCUT2D eigenvalue weighted by atomic mass is 35.5. The van der Waals surface area contributed by atoms with Gasteiger partial charge in [0, 0.05) is 5.88 Å². The highest BCUT2D eigenvalue weighted by Gasteiger charge is 2.16. The first kappa shape index (κ1) is 16.4. The average Bonchev–Trinajstić information content (AvgIpc) is 3.12. The van der Waals surface area contributed by atoms with Crippen molar-refractivity contribution in [1.82, 2.24) is 0 Å². The van der Waals surface area contributed by atoms with E-state index in [1.165, 1.54) is 11.1 Å². The molecule has 0 saturated heterocycles. The topological polar surface area (TPSA) is 40.5 Å². The van der Waals surface area contributed by atoms with E-state index in [4.69, 9.17) is 11.6 Å². The Morgan fingerprint density at radius 3 is 1.83 bits per heavy atom. The monoisotopic (exact) mass is 338 g/mol. The maximum absolute atomic E-state index is 9.61. The summed E-state index contributed by atoms with van der Waals surface area (Å²) in [4.78, 5) is 0. The van der Waals surface area contributed by atoms with Crippen molar-refractivity contribution in [3.8, 4) is 11.5 Å². The molecular weight excluding hydrogens is 320 g/mol. The van der Waals surface area contributed by atoms with Crippen LogP contribution in [0, 0.1) is 0 Å². The second-order valence-electron chi connectivity index (χ2n) is 5.71. The first-order chi connectivity index (χ1) is 11.7. The van der Waals surface area contributed by atoms with Crippen molar-refractivity contribution in [2.75, 3.05) is 5.88 Å². The molecule has 0 bridgehead atoms. The van der Waals surface area contributed by atoms with Crippen molar-refractivity contribution >= 4 is 17.2 Å². The van der Waals surface area contributed by atoms with E-state index in [0.717, 1.165) is 29.5 Å². The number of rotatable bonds is 5. The Hall–Kier alpha value is -2.45. The fraction of sp³-hybridized carbons (Fsp3) is 0.143. The van der Waals surface area contributed by atoms with Gasteiger partial charge in [0.15, 0.2) is 0 Å². The van der Waals surface area contributed by atoms with Gasteiger partial charge >= 0.3 is 0 Å². The molecular formula is C21H19ClO2. The Morgan fingerprint density at radius 1 is 0.875 bits per heavy atom. The van der Waals surface area contributed by atoms with E-state index in [1.54, 1.807) is 24.3 Å². The Bertz CT molecular complexity index is 749. The van der Waals surface area contributed by atoms with Gasteiger partial charge in [0.25, 0.3) is 0 Å². The fourth-order valence-corrected chi connectivity index (χ4v) is 3.17. The number of alkyl halides is 1. The van der Waals surface area contributed by atoms with Crippen LogP contribution in [0.4, 0.5) is 0 Å². The highest BCUT2D eigenvalue weighted by Crippen LogP contribution is 2.36. The quantitative estimate of drug-likeness (QED) is 0.715. The Labute approximate surface area is 147 Å². The molecule has 2 aromatic rings. The minimum absolute atomic E-state index is 0.240. The van der Waals surface area contributed by atoms with Gasteiger partial charge in [-0.25, -0.2) is 0 Å². The highest BCUT2D eigenvalue weighted by molar-refractivity contribution is 6.18. The molecule has 0 amide bonds. The van der Waals surface area contributed by atoms with Crippen LogP contribution in [-0.2, 0) is 0 Å². The van der Waals surface area contributed by atoms with Crippen LogP contribution in [0.3, 0.4) is 0 Å². The summed E-state index contributed by atoms with van der Waals surface area (Å²) in [5, 5.41) is 19.2. The van der Waals surface area contributed by atoms with Gasteiger partial charge in [-0.1, -0.05) is 42.5 Å². The summed E-state index contributed by atoms with van der Waals surface area (Å²) < 4.78 is 0. The number of halogens is 1. The summed E-state index contributed by atoms with van der Waals surface area (Å²) in [5.74, 6) is 1.01. The van der Waals surface area contributed by atoms with Gasteiger partial charge in [-0.3, -0.25) is 0 Å². The van der Waals surface area contributed by atoms with Crippen LogP contribution in [0.5, 0.6) is 11.5 Å². The van der Waals surface area contributed by atoms with E-state index in [-0.39, 0.29) is 11.5 Å². The van der Waals surface area contributed by atoms with Gasteiger partial charge in [0.2, 0.25) is 0 Å². The van der Waals surface area contributed by atoms with Gasteiger partial charge in [-0.15, -0.1) is 11.6 Å². The summed E-state index contributed by atoms with van der Waals surface area (Å²) in [6.45, 7) is 0. The number of phenols is 2. The third-order valence-corrected chi connectivity index (χ3v) is 4.31.